The Bertz CT molecular complexity index is 382. The van der Waals surface area contributed by atoms with Crippen LogP contribution in [-0.2, 0) is 9.53 Å². The zero-order valence-electron chi connectivity index (χ0n) is 12.3. The van der Waals surface area contributed by atoms with Crippen LogP contribution in [-0.4, -0.2) is 24.0 Å². The van der Waals surface area contributed by atoms with E-state index in [0.29, 0.717) is 6.29 Å². The van der Waals surface area contributed by atoms with Crippen LogP contribution in [0.4, 0.5) is 4.79 Å². The maximum absolute atomic E-state index is 10.9. The van der Waals surface area contributed by atoms with Crippen LogP contribution in [0.2, 0.25) is 0 Å². The lowest BCUT2D eigenvalue weighted by molar-refractivity contribution is -0.109. The number of hydrogen-bond donors (Lipinski definition) is 1. The Labute approximate surface area is 115 Å². The molecule has 0 fully saturated rings. The van der Waals surface area contributed by atoms with E-state index in [2.05, 4.69) is 24.4 Å². The van der Waals surface area contributed by atoms with Gasteiger partial charge in [-0.05, 0) is 34.6 Å². The molecule has 0 saturated heterocycles. The van der Waals surface area contributed by atoms with Crippen molar-refractivity contribution in [3.8, 4) is 0 Å². The molecule has 0 unspecified atom stereocenters. The van der Waals surface area contributed by atoms with Gasteiger partial charge in [0.05, 0.1) is 6.04 Å². The van der Waals surface area contributed by atoms with Crippen molar-refractivity contribution in [2.75, 3.05) is 0 Å². The first-order valence-corrected chi connectivity index (χ1v) is 6.21. The van der Waals surface area contributed by atoms with Crippen molar-refractivity contribution in [1.82, 2.24) is 5.32 Å². The first-order chi connectivity index (χ1) is 8.74. The zero-order valence-corrected chi connectivity index (χ0v) is 12.3. The highest BCUT2D eigenvalue weighted by Gasteiger charge is 2.16. The van der Waals surface area contributed by atoms with Gasteiger partial charge >= 0.3 is 6.09 Å². The van der Waals surface area contributed by atoms with E-state index in [0.717, 1.165) is 0 Å². The number of nitrogens with one attached hydrogen (secondary N) is 1. The minimum absolute atomic E-state index is 0.500. The summed E-state index contributed by atoms with van der Waals surface area (Å²) in [4.78, 5) is 21.1. The molecular weight excluding hydrogens is 242 g/mol. The van der Waals surface area contributed by atoms with Crippen molar-refractivity contribution < 1.29 is 14.3 Å². The number of hydrogen-bond acceptors (Lipinski definition) is 3. The maximum atomic E-state index is 10.9. The fraction of sp³-hybridized carbons (Fsp3) is 0.467. The molecule has 0 aromatic heterocycles. The Morgan fingerprint density at radius 2 is 1.79 bits per heavy atom. The average Bonchev–Trinajstić information content (AvgIpc) is 2.28. The Balaban J connectivity index is 0.000000388. The maximum Gasteiger partial charge on any atom is 0.408 e. The van der Waals surface area contributed by atoms with Crippen LogP contribution >= 0.6 is 0 Å². The molecule has 1 N–H and O–H groups in total. The molecule has 0 aliphatic heterocycles. The first-order valence-electron chi connectivity index (χ1n) is 6.21. The van der Waals surface area contributed by atoms with Crippen LogP contribution in [0, 0.1) is 6.92 Å². The van der Waals surface area contributed by atoms with E-state index in [1.807, 2.05) is 18.2 Å². The molecule has 0 aliphatic rings. The molecule has 1 aromatic rings. The second kappa shape index (κ2) is 8.29. The van der Waals surface area contributed by atoms with Gasteiger partial charge in [-0.15, -0.1) is 0 Å². The number of ether oxygens (including phenoxy) is 1. The number of carbonyl (C=O) groups is 2. The van der Waals surface area contributed by atoms with Gasteiger partial charge in [0.15, 0.2) is 0 Å². The molecule has 19 heavy (non-hydrogen) atoms. The summed E-state index contributed by atoms with van der Waals surface area (Å²) in [5.74, 6) is 0. The number of benzene rings is 1. The van der Waals surface area contributed by atoms with Crippen molar-refractivity contribution in [2.24, 2.45) is 0 Å². The lowest BCUT2D eigenvalue weighted by Gasteiger charge is -2.20. The number of amides is 1. The summed E-state index contributed by atoms with van der Waals surface area (Å²) >= 11 is 0. The summed E-state index contributed by atoms with van der Waals surface area (Å²) in [5.41, 5.74) is 0.801. The SMILES string of the molecule is C[C@@H](C=O)NC(=O)OC(C)(C)C.Cc1ccccc1. The number of aryl methyl sites for hydroxylation is 1. The Morgan fingerprint density at radius 1 is 1.26 bits per heavy atom. The lowest BCUT2D eigenvalue weighted by Crippen LogP contribution is -2.38. The summed E-state index contributed by atoms with van der Waals surface area (Å²) < 4.78 is 4.90. The second-order valence-corrected chi connectivity index (χ2v) is 5.23. The summed E-state index contributed by atoms with van der Waals surface area (Å²) in [6.07, 6.45) is 0.0753. The third-order valence-electron chi connectivity index (χ3n) is 1.89. The molecule has 0 heterocycles. The minimum atomic E-state index is -0.568. The summed E-state index contributed by atoms with van der Waals surface area (Å²) in [6, 6.07) is 9.76. The molecule has 0 bridgehead atoms. The molecular formula is C15H23NO3. The Hall–Kier alpha value is -1.84. The molecule has 4 nitrogen and oxygen atoms in total. The van der Waals surface area contributed by atoms with Crippen LogP contribution in [0.15, 0.2) is 30.3 Å². The molecule has 1 atom stereocenters. The number of alkyl carbamates (subject to hydrolysis) is 1. The van der Waals surface area contributed by atoms with E-state index >= 15 is 0 Å². The highest BCUT2D eigenvalue weighted by molar-refractivity contribution is 5.73. The van der Waals surface area contributed by atoms with Crippen LogP contribution in [0.25, 0.3) is 0 Å². The van der Waals surface area contributed by atoms with Gasteiger partial charge in [-0.3, -0.25) is 0 Å². The predicted octanol–water partition coefficient (Wildman–Crippen LogP) is 3.09. The van der Waals surface area contributed by atoms with Crippen molar-refractivity contribution in [3.63, 3.8) is 0 Å². The predicted molar refractivity (Wildman–Crippen MR) is 76.1 cm³/mol. The molecule has 0 saturated carbocycles. The standard InChI is InChI=1S/C8H15NO3.C7H8/c1-6(5-10)9-7(11)12-8(2,3)4;1-7-5-3-2-4-6-7/h5-6H,1-4H3,(H,9,11);2-6H,1H3/t6-;/m0./s1. The normalized spacial score (nSPS) is 11.6. The molecule has 106 valence electrons. The van der Waals surface area contributed by atoms with Crippen LogP contribution < -0.4 is 5.32 Å². The van der Waals surface area contributed by atoms with Gasteiger partial charge < -0.3 is 14.8 Å². The molecule has 0 radical (unpaired) electrons. The molecule has 1 amide bonds. The fourth-order valence-electron chi connectivity index (χ4n) is 1.06. The van der Waals surface area contributed by atoms with Crippen molar-refractivity contribution >= 4 is 12.4 Å². The van der Waals surface area contributed by atoms with E-state index in [-0.39, 0.29) is 0 Å². The highest BCUT2D eigenvalue weighted by Crippen LogP contribution is 2.06. The minimum Gasteiger partial charge on any atom is -0.444 e. The largest absolute Gasteiger partial charge is 0.444 e. The fourth-order valence-corrected chi connectivity index (χ4v) is 1.06. The second-order valence-electron chi connectivity index (χ2n) is 5.23. The van der Waals surface area contributed by atoms with Gasteiger partial charge in [-0.2, -0.15) is 0 Å². The Kier molecular flexibility index (Phi) is 7.49. The van der Waals surface area contributed by atoms with Crippen molar-refractivity contribution in [2.45, 2.75) is 46.3 Å². The van der Waals surface area contributed by atoms with Crippen molar-refractivity contribution in [3.05, 3.63) is 35.9 Å². The van der Waals surface area contributed by atoms with E-state index in [9.17, 15) is 9.59 Å². The van der Waals surface area contributed by atoms with Gasteiger partial charge in [0.2, 0.25) is 0 Å². The topological polar surface area (TPSA) is 55.4 Å². The molecule has 0 aliphatic carbocycles. The van der Waals surface area contributed by atoms with Gasteiger partial charge in [0.25, 0.3) is 0 Å². The van der Waals surface area contributed by atoms with E-state index in [1.54, 1.807) is 27.7 Å². The van der Waals surface area contributed by atoms with Gasteiger partial charge in [0.1, 0.15) is 11.9 Å². The molecule has 1 rings (SSSR count). The highest BCUT2D eigenvalue weighted by atomic mass is 16.6. The van der Waals surface area contributed by atoms with E-state index in [4.69, 9.17) is 4.74 Å². The van der Waals surface area contributed by atoms with Crippen LogP contribution in [0.5, 0.6) is 0 Å². The quantitative estimate of drug-likeness (QED) is 0.836. The summed E-state index contributed by atoms with van der Waals surface area (Å²) in [6.45, 7) is 8.95. The van der Waals surface area contributed by atoms with Gasteiger partial charge in [0, 0.05) is 0 Å². The van der Waals surface area contributed by atoms with Gasteiger partial charge in [-0.1, -0.05) is 35.9 Å². The van der Waals surface area contributed by atoms with Crippen molar-refractivity contribution in [1.29, 1.82) is 0 Å². The smallest absolute Gasteiger partial charge is 0.408 e. The number of rotatable bonds is 2. The monoisotopic (exact) mass is 265 g/mol. The Morgan fingerprint density at radius 3 is 2.11 bits per heavy atom. The molecule has 4 heteroatoms. The third kappa shape index (κ3) is 11.0. The number of carbonyl (C=O) groups excluding carboxylic acids is 2. The van der Waals surface area contributed by atoms with E-state index < -0.39 is 17.7 Å². The van der Waals surface area contributed by atoms with E-state index in [1.165, 1.54) is 5.56 Å². The lowest BCUT2D eigenvalue weighted by atomic mass is 10.2. The van der Waals surface area contributed by atoms with Gasteiger partial charge in [-0.25, -0.2) is 4.79 Å². The zero-order chi connectivity index (χ0) is 14.9. The summed E-state index contributed by atoms with van der Waals surface area (Å²) in [7, 11) is 0. The number of aldehydes is 1. The first kappa shape index (κ1) is 17.2. The third-order valence-corrected chi connectivity index (χ3v) is 1.89. The average molecular weight is 265 g/mol. The molecule has 0 spiro atoms. The molecule has 1 aromatic carbocycles. The van der Waals surface area contributed by atoms with Crippen LogP contribution in [0.1, 0.15) is 33.3 Å². The summed E-state index contributed by atoms with van der Waals surface area (Å²) in [5, 5.41) is 2.36. The van der Waals surface area contributed by atoms with Crippen LogP contribution in [0.3, 0.4) is 0 Å².